The Bertz CT molecular complexity index is 1250. The summed E-state index contributed by atoms with van der Waals surface area (Å²) >= 11 is 0. The first-order valence-electron chi connectivity index (χ1n) is 10.2. The van der Waals surface area contributed by atoms with E-state index in [0.717, 1.165) is 21.9 Å². The third-order valence-electron chi connectivity index (χ3n) is 5.54. The molecule has 0 unspecified atom stereocenters. The molecule has 1 aliphatic heterocycles. The summed E-state index contributed by atoms with van der Waals surface area (Å²) in [6.45, 7) is 1.12. The summed E-state index contributed by atoms with van der Waals surface area (Å²) in [5, 5.41) is 7.94. The van der Waals surface area contributed by atoms with Crippen molar-refractivity contribution < 1.29 is 14.0 Å². The molecule has 2 aromatic heterocycles. The van der Waals surface area contributed by atoms with Gasteiger partial charge in [-0.3, -0.25) is 9.78 Å². The number of para-hydroxylation sites is 1. The number of hydrogen-bond acceptors (Lipinski definition) is 5. The predicted molar refractivity (Wildman–Crippen MR) is 117 cm³/mol. The van der Waals surface area contributed by atoms with Crippen LogP contribution in [-0.4, -0.2) is 45.9 Å². The lowest BCUT2D eigenvalue weighted by Gasteiger charge is -2.32. The van der Waals surface area contributed by atoms with Crippen LogP contribution in [0.15, 0.2) is 65.5 Å². The van der Waals surface area contributed by atoms with Gasteiger partial charge in [-0.1, -0.05) is 18.2 Å². The Morgan fingerprint density at radius 2 is 1.81 bits per heavy atom. The highest BCUT2D eigenvalue weighted by Crippen LogP contribution is 2.30. The first-order valence-corrected chi connectivity index (χ1v) is 10.2. The Balaban J connectivity index is 1.18. The summed E-state index contributed by atoms with van der Waals surface area (Å²) in [6, 6.07) is 13.2. The largest absolute Gasteiger partial charge is 0.456 e. The number of carbonyl (C=O) groups excluding carboxylic acids is 2. The fourth-order valence-electron chi connectivity index (χ4n) is 3.95. The molecular formula is C23H21N5O3. The zero-order valence-corrected chi connectivity index (χ0v) is 16.7. The summed E-state index contributed by atoms with van der Waals surface area (Å²) in [5.74, 6) is -0.130. The van der Waals surface area contributed by atoms with Gasteiger partial charge in [0.05, 0.1) is 6.20 Å². The van der Waals surface area contributed by atoms with E-state index in [9.17, 15) is 9.59 Å². The Kier molecular flexibility index (Phi) is 4.95. The summed E-state index contributed by atoms with van der Waals surface area (Å²) in [6.07, 6.45) is 5.88. The van der Waals surface area contributed by atoms with Gasteiger partial charge in [-0.2, -0.15) is 0 Å². The second kappa shape index (κ2) is 8.06. The van der Waals surface area contributed by atoms with E-state index in [1.807, 2.05) is 42.5 Å². The number of aromatic nitrogens is 2. The molecule has 0 atom stereocenters. The average molecular weight is 415 g/mol. The third-order valence-corrected chi connectivity index (χ3v) is 5.54. The van der Waals surface area contributed by atoms with E-state index in [4.69, 9.17) is 4.42 Å². The minimum atomic E-state index is -0.269. The zero-order valence-electron chi connectivity index (χ0n) is 16.7. The highest BCUT2D eigenvalue weighted by atomic mass is 16.3. The number of fused-ring (bicyclic) bond motifs is 3. The van der Waals surface area contributed by atoms with Gasteiger partial charge in [-0.25, -0.2) is 9.78 Å². The number of hydrogen-bond donors (Lipinski definition) is 2. The number of likely N-dealkylation sites (tertiary alicyclic amines) is 1. The van der Waals surface area contributed by atoms with E-state index < -0.39 is 0 Å². The minimum absolute atomic E-state index is 0.000777. The molecule has 156 valence electrons. The fourth-order valence-corrected chi connectivity index (χ4v) is 3.95. The summed E-state index contributed by atoms with van der Waals surface area (Å²) in [7, 11) is 0. The van der Waals surface area contributed by atoms with Crippen LogP contribution in [0.5, 0.6) is 0 Å². The quantitative estimate of drug-likeness (QED) is 0.530. The van der Waals surface area contributed by atoms with Crippen LogP contribution in [0.1, 0.15) is 23.3 Å². The first-order chi connectivity index (χ1) is 15.2. The van der Waals surface area contributed by atoms with Crippen molar-refractivity contribution in [2.45, 2.75) is 18.9 Å². The van der Waals surface area contributed by atoms with Crippen LogP contribution in [-0.2, 0) is 0 Å². The molecule has 1 fully saturated rings. The smallest absolute Gasteiger partial charge is 0.319 e. The van der Waals surface area contributed by atoms with E-state index in [-0.39, 0.29) is 18.0 Å². The molecule has 3 heterocycles. The van der Waals surface area contributed by atoms with Crippen molar-refractivity contribution in [3.05, 3.63) is 66.7 Å². The molecule has 0 bridgehead atoms. The van der Waals surface area contributed by atoms with E-state index in [0.29, 0.717) is 37.3 Å². The number of rotatable bonds is 3. The Morgan fingerprint density at radius 1 is 1.00 bits per heavy atom. The number of amides is 3. The SMILES string of the molecule is O=C(Nc1ccc2c(c1)oc1ccccc12)NC1CCN(C(=O)c2cnccn2)CC1. The van der Waals surface area contributed by atoms with Crippen molar-refractivity contribution in [1.82, 2.24) is 20.2 Å². The van der Waals surface area contributed by atoms with Crippen molar-refractivity contribution in [1.29, 1.82) is 0 Å². The number of anilines is 1. The molecule has 4 aromatic rings. The fraction of sp³-hybridized carbons (Fsp3) is 0.217. The van der Waals surface area contributed by atoms with Crippen LogP contribution in [0.4, 0.5) is 10.5 Å². The van der Waals surface area contributed by atoms with Crippen LogP contribution < -0.4 is 10.6 Å². The average Bonchev–Trinajstić information content (AvgIpc) is 3.17. The molecule has 0 radical (unpaired) electrons. The van der Waals surface area contributed by atoms with Gasteiger partial charge >= 0.3 is 6.03 Å². The standard InChI is InChI=1S/C23H21N5O3/c29-22(19-14-24-9-10-25-19)28-11-7-15(8-12-28)26-23(30)27-16-5-6-18-17-3-1-2-4-20(17)31-21(18)13-16/h1-6,9-10,13-15H,7-8,11-12H2,(H2,26,27,30). The molecule has 5 rings (SSSR count). The van der Waals surface area contributed by atoms with Crippen molar-refractivity contribution in [2.75, 3.05) is 18.4 Å². The van der Waals surface area contributed by atoms with Crippen LogP contribution in [0.2, 0.25) is 0 Å². The Hall–Kier alpha value is -3.94. The van der Waals surface area contributed by atoms with Gasteiger partial charge in [0.2, 0.25) is 0 Å². The normalized spacial score (nSPS) is 14.6. The van der Waals surface area contributed by atoms with Crippen LogP contribution in [0, 0.1) is 0 Å². The van der Waals surface area contributed by atoms with Crippen LogP contribution >= 0.6 is 0 Å². The lowest BCUT2D eigenvalue weighted by Crippen LogP contribution is -2.47. The van der Waals surface area contributed by atoms with Crippen LogP contribution in [0.3, 0.4) is 0 Å². The summed E-state index contributed by atoms with van der Waals surface area (Å²) in [5.41, 5.74) is 2.56. The second-order valence-electron chi connectivity index (χ2n) is 7.56. The lowest BCUT2D eigenvalue weighted by atomic mass is 10.0. The maximum Gasteiger partial charge on any atom is 0.319 e. The van der Waals surface area contributed by atoms with E-state index >= 15 is 0 Å². The number of nitrogens with zero attached hydrogens (tertiary/aromatic N) is 3. The van der Waals surface area contributed by atoms with Gasteiger partial charge in [0, 0.05) is 54.1 Å². The number of urea groups is 1. The number of piperidine rings is 1. The lowest BCUT2D eigenvalue weighted by molar-refractivity contribution is 0.0702. The number of nitrogens with one attached hydrogen (secondary N) is 2. The van der Waals surface area contributed by atoms with E-state index in [1.54, 1.807) is 4.90 Å². The van der Waals surface area contributed by atoms with E-state index in [1.165, 1.54) is 18.6 Å². The van der Waals surface area contributed by atoms with Gasteiger partial charge in [-0.15, -0.1) is 0 Å². The molecular weight excluding hydrogens is 394 g/mol. The Morgan fingerprint density at radius 3 is 2.61 bits per heavy atom. The molecule has 8 heteroatoms. The van der Waals surface area contributed by atoms with Crippen molar-refractivity contribution in [3.8, 4) is 0 Å². The van der Waals surface area contributed by atoms with Gasteiger partial charge in [0.1, 0.15) is 16.9 Å². The molecule has 31 heavy (non-hydrogen) atoms. The molecule has 0 saturated carbocycles. The predicted octanol–water partition coefficient (Wildman–Crippen LogP) is 3.80. The first kappa shape index (κ1) is 19.0. The topological polar surface area (TPSA) is 100 Å². The molecule has 8 nitrogen and oxygen atoms in total. The molecule has 3 amide bonds. The molecule has 1 aliphatic rings. The van der Waals surface area contributed by atoms with Gasteiger partial charge in [0.25, 0.3) is 5.91 Å². The second-order valence-corrected chi connectivity index (χ2v) is 7.56. The van der Waals surface area contributed by atoms with Crippen LogP contribution in [0.25, 0.3) is 21.9 Å². The Labute approximate surface area is 178 Å². The molecule has 1 saturated heterocycles. The minimum Gasteiger partial charge on any atom is -0.456 e. The molecule has 2 aromatic carbocycles. The number of furan rings is 1. The van der Waals surface area contributed by atoms with Gasteiger partial charge in [0.15, 0.2) is 0 Å². The number of carbonyl (C=O) groups is 2. The van der Waals surface area contributed by atoms with Gasteiger partial charge in [-0.05, 0) is 31.0 Å². The molecule has 0 spiro atoms. The van der Waals surface area contributed by atoms with E-state index in [2.05, 4.69) is 20.6 Å². The highest BCUT2D eigenvalue weighted by Gasteiger charge is 2.25. The maximum atomic E-state index is 12.5. The monoisotopic (exact) mass is 415 g/mol. The highest BCUT2D eigenvalue weighted by molar-refractivity contribution is 6.06. The summed E-state index contributed by atoms with van der Waals surface area (Å²) < 4.78 is 5.88. The number of benzene rings is 2. The van der Waals surface area contributed by atoms with Crippen molar-refractivity contribution >= 4 is 39.6 Å². The molecule has 0 aliphatic carbocycles. The molecule has 2 N–H and O–H groups in total. The maximum absolute atomic E-state index is 12.5. The van der Waals surface area contributed by atoms with Crippen molar-refractivity contribution in [3.63, 3.8) is 0 Å². The zero-order chi connectivity index (χ0) is 21.2. The van der Waals surface area contributed by atoms with Gasteiger partial charge < -0.3 is 20.0 Å². The third kappa shape index (κ3) is 3.92. The van der Waals surface area contributed by atoms with Crippen molar-refractivity contribution in [2.24, 2.45) is 0 Å². The summed E-state index contributed by atoms with van der Waals surface area (Å²) in [4.78, 5) is 34.7.